The Morgan fingerprint density at radius 3 is 2.88 bits per heavy atom. The van der Waals surface area contributed by atoms with Crippen molar-refractivity contribution in [2.24, 2.45) is 0 Å². The van der Waals surface area contributed by atoms with E-state index in [-0.39, 0.29) is 12.1 Å². The SMILES string of the molecule is CC(NC1CCc2cc(NC(=O)OC(C)(C)C)ccc21)c1nn[nH]n1. The van der Waals surface area contributed by atoms with Crippen molar-refractivity contribution in [3.05, 3.63) is 35.2 Å². The molecule has 1 aliphatic carbocycles. The zero-order chi connectivity index (χ0) is 18.0. The van der Waals surface area contributed by atoms with Crippen molar-refractivity contribution < 1.29 is 9.53 Å². The van der Waals surface area contributed by atoms with Crippen molar-refractivity contribution in [1.82, 2.24) is 25.9 Å². The van der Waals surface area contributed by atoms with Gasteiger partial charge in [0.1, 0.15) is 5.60 Å². The lowest BCUT2D eigenvalue weighted by Gasteiger charge is -2.20. The molecule has 1 heterocycles. The number of amides is 1. The highest BCUT2D eigenvalue weighted by Gasteiger charge is 2.25. The Kier molecular flexibility index (Phi) is 4.71. The molecule has 2 unspecified atom stereocenters. The van der Waals surface area contributed by atoms with E-state index in [0.717, 1.165) is 18.5 Å². The number of hydrogen-bond donors (Lipinski definition) is 3. The van der Waals surface area contributed by atoms with Crippen LogP contribution in [0.3, 0.4) is 0 Å². The first-order valence-corrected chi connectivity index (χ1v) is 8.44. The first kappa shape index (κ1) is 17.3. The van der Waals surface area contributed by atoms with Gasteiger partial charge in [-0.3, -0.25) is 5.32 Å². The normalized spacial score (nSPS) is 17.8. The molecule has 8 nitrogen and oxygen atoms in total. The number of carbonyl (C=O) groups excluding carboxylic acids is 1. The van der Waals surface area contributed by atoms with E-state index in [4.69, 9.17) is 4.74 Å². The number of rotatable bonds is 4. The number of hydrogen-bond acceptors (Lipinski definition) is 6. The van der Waals surface area contributed by atoms with Crippen molar-refractivity contribution in [3.63, 3.8) is 0 Å². The van der Waals surface area contributed by atoms with Crippen LogP contribution in [0.2, 0.25) is 0 Å². The van der Waals surface area contributed by atoms with Crippen LogP contribution in [-0.2, 0) is 11.2 Å². The van der Waals surface area contributed by atoms with E-state index in [1.807, 2.05) is 39.8 Å². The largest absolute Gasteiger partial charge is 0.444 e. The smallest absolute Gasteiger partial charge is 0.412 e. The predicted molar refractivity (Wildman–Crippen MR) is 93.1 cm³/mol. The highest BCUT2D eigenvalue weighted by molar-refractivity contribution is 5.85. The molecule has 3 rings (SSSR count). The summed E-state index contributed by atoms with van der Waals surface area (Å²) >= 11 is 0. The minimum absolute atomic E-state index is 0.00858. The number of tetrazole rings is 1. The molecule has 0 spiro atoms. The van der Waals surface area contributed by atoms with Gasteiger partial charge in [-0.05, 0) is 63.8 Å². The van der Waals surface area contributed by atoms with Crippen LogP contribution >= 0.6 is 0 Å². The van der Waals surface area contributed by atoms with Crippen LogP contribution in [0.5, 0.6) is 0 Å². The summed E-state index contributed by atoms with van der Waals surface area (Å²) in [6.45, 7) is 7.55. The van der Waals surface area contributed by atoms with Crippen LogP contribution in [0.4, 0.5) is 10.5 Å². The molecule has 0 radical (unpaired) electrons. The highest BCUT2D eigenvalue weighted by atomic mass is 16.6. The number of aryl methyl sites for hydroxylation is 1. The van der Waals surface area contributed by atoms with Gasteiger partial charge in [0.15, 0.2) is 5.82 Å². The third-order valence-corrected chi connectivity index (χ3v) is 4.07. The molecule has 0 fully saturated rings. The number of carbonyl (C=O) groups is 1. The molecule has 2 aromatic rings. The Morgan fingerprint density at radius 1 is 1.40 bits per heavy atom. The average molecular weight is 344 g/mol. The van der Waals surface area contributed by atoms with E-state index in [2.05, 4.69) is 37.3 Å². The lowest BCUT2D eigenvalue weighted by molar-refractivity contribution is 0.0636. The molecule has 3 N–H and O–H groups in total. The van der Waals surface area contributed by atoms with E-state index in [9.17, 15) is 4.79 Å². The van der Waals surface area contributed by atoms with Crippen molar-refractivity contribution in [2.45, 2.75) is 58.2 Å². The van der Waals surface area contributed by atoms with Gasteiger partial charge in [-0.1, -0.05) is 11.3 Å². The number of benzene rings is 1. The van der Waals surface area contributed by atoms with Crippen molar-refractivity contribution in [2.75, 3.05) is 5.32 Å². The zero-order valence-corrected chi connectivity index (χ0v) is 15.0. The first-order chi connectivity index (χ1) is 11.8. The van der Waals surface area contributed by atoms with Crippen LogP contribution in [0.1, 0.15) is 63.2 Å². The lowest BCUT2D eigenvalue weighted by atomic mass is 10.1. The molecule has 134 valence electrons. The molecule has 1 aromatic carbocycles. The topological polar surface area (TPSA) is 105 Å². The number of nitrogens with one attached hydrogen (secondary N) is 3. The summed E-state index contributed by atoms with van der Waals surface area (Å²) in [6.07, 6.45) is 1.51. The summed E-state index contributed by atoms with van der Waals surface area (Å²) in [7, 11) is 0. The molecule has 0 saturated heterocycles. The van der Waals surface area contributed by atoms with Crippen LogP contribution in [0.15, 0.2) is 18.2 Å². The van der Waals surface area contributed by atoms with Gasteiger partial charge in [0.25, 0.3) is 0 Å². The van der Waals surface area contributed by atoms with E-state index in [1.54, 1.807) is 0 Å². The summed E-state index contributed by atoms with van der Waals surface area (Å²) < 4.78 is 5.29. The first-order valence-electron chi connectivity index (χ1n) is 8.44. The molecule has 8 heteroatoms. The van der Waals surface area contributed by atoms with Gasteiger partial charge in [-0.2, -0.15) is 5.21 Å². The Hall–Kier alpha value is -2.48. The Morgan fingerprint density at radius 2 is 2.20 bits per heavy atom. The summed E-state index contributed by atoms with van der Waals surface area (Å²) in [5, 5.41) is 20.4. The summed E-state index contributed by atoms with van der Waals surface area (Å²) in [4.78, 5) is 11.9. The second-order valence-corrected chi connectivity index (χ2v) is 7.29. The third-order valence-electron chi connectivity index (χ3n) is 4.07. The number of ether oxygens (including phenoxy) is 1. The fraction of sp³-hybridized carbons (Fsp3) is 0.529. The number of H-pyrrole nitrogens is 1. The maximum atomic E-state index is 11.9. The monoisotopic (exact) mass is 344 g/mol. The predicted octanol–water partition coefficient (Wildman–Crippen LogP) is 2.88. The van der Waals surface area contributed by atoms with Gasteiger partial charge in [-0.15, -0.1) is 10.2 Å². The van der Waals surface area contributed by atoms with Crippen LogP contribution in [0.25, 0.3) is 0 Å². The molecule has 0 bridgehead atoms. The fourth-order valence-electron chi connectivity index (χ4n) is 3.02. The van der Waals surface area contributed by atoms with Crippen molar-refractivity contribution in [3.8, 4) is 0 Å². The second kappa shape index (κ2) is 6.79. The fourth-order valence-corrected chi connectivity index (χ4v) is 3.02. The van der Waals surface area contributed by atoms with Crippen molar-refractivity contribution in [1.29, 1.82) is 0 Å². The molecule has 1 aliphatic rings. The molecule has 1 amide bonds. The van der Waals surface area contributed by atoms with E-state index < -0.39 is 11.7 Å². The maximum Gasteiger partial charge on any atom is 0.412 e. The average Bonchev–Trinajstić information content (AvgIpc) is 3.15. The van der Waals surface area contributed by atoms with Crippen molar-refractivity contribution >= 4 is 11.8 Å². The number of aromatic amines is 1. The minimum Gasteiger partial charge on any atom is -0.444 e. The number of fused-ring (bicyclic) bond motifs is 1. The van der Waals surface area contributed by atoms with Gasteiger partial charge in [0, 0.05) is 11.7 Å². The molecule has 1 aromatic heterocycles. The van der Waals surface area contributed by atoms with Gasteiger partial charge in [0.2, 0.25) is 0 Å². The van der Waals surface area contributed by atoms with E-state index in [0.29, 0.717) is 5.82 Å². The summed E-state index contributed by atoms with van der Waals surface area (Å²) in [5.41, 5.74) is 2.71. The van der Waals surface area contributed by atoms with Crippen LogP contribution in [0, 0.1) is 0 Å². The molecule has 0 saturated carbocycles. The molecule has 25 heavy (non-hydrogen) atoms. The minimum atomic E-state index is -0.513. The van der Waals surface area contributed by atoms with Gasteiger partial charge in [0.05, 0.1) is 6.04 Å². The summed E-state index contributed by atoms with van der Waals surface area (Å²) in [5.74, 6) is 0.650. The quantitative estimate of drug-likeness (QED) is 0.788. The molecule has 0 aliphatic heterocycles. The Labute approximate surface area is 146 Å². The van der Waals surface area contributed by atoms with Crippen LogP contribution in [-0.4, -0.2) is 32.3 Å². The lowest BCUT2D eigenvalue weighted by Crippen LogP contribution is -2.27. The number of aromatic nitrogens is 4. The zero-order valence-electron chi connectivity index (χ0n) is 15.0. The van der Waals surface area contributed by atoms with Crippen LogP contribution < -0.4 is 10.6 Å². The van der Waals surface area contributed by atoms with Gasteiger partial charge >= 0.3 is 6.09 Å². The highest BCUT2D eigenvalue weighted by Crippen LogP contribution is 2.34. The van der Waals surface area contributed by atoms with E-state index in [1.165, 1.54) is 11.1 Å². The van der Waals surface area contributed by atoms with Gasteiger partial charge < -0.3 is 10.1 Å². The van der Waals surface area contributed by atoms with Gasteiger partial charge in [-0.25, -0.2) is 4.79 Å². The Bertz CT molecular complexity index is 738. The standard InChI is InChI=1S/C17H24N6O2/c1-10(15-20-22-23-21-15)18-14-8-5-11-9-12(6-7-13(11)14)19-16(24)25-17(2,3)4/h6-7,9-10,14,18H,5,8H2,1-4H3,(H,19,24)(H,20,21,22,23). The third kappa shape index (κ3) is 4.33. The number of anilines is 1. The van der Waals surface area contributed by atoms with E-state index >= 15 is 0 Å². The Balaban J connectivity index is 1.65. The summed E-state index contributed by atoms with van der Waals surface area (Å²) in [6, 6.07) is 6.21. The maximum absolute atomic E-state index is 11.9. The second-order valence-electron chi connectivity index (χ2n) is 7.29. The molecular formula is C17H24N6O2. The number of nitrogens with zero attached hydrogens (tertiary/aromatic N) is 3. The molecular weight excluding hydrogens is 320 g/mol. The molecule has 2 atom stereocenters.